The normalized spacial score (nSPS) is 25.6. The van der Waals surface area contributed by atoms with Crippen molar-refractivity contribution < 1.29 is 14.3 Å². The van der Waals surface area contributed by atoms with Crippen molar-refractivity contribution in [3.63, 3.8) is 0 Å². The maximum atomic E-state index is 11.6. The minimum Gasteiger partial charge on any atom is -0.381 e. The second kappa shape index (κ2) is 8.48. The molecule has 3 saturated heterocycles. The first-order valence-corrected chi connectivity index (χ1v) is 9.01. The van der Waals surface area contributed by atoms with Gasteiger partial charge in [-0.15, -0.1) is 0 Å². The molecule has 0 aromatic heterocycles. The molecule has 3 aliphatic heterocycles. The molecule has 140 valence electrons. The zero-order valence-corrected chi connectivity index (χ0v) is 14.9. The summed E-state index contributed by atoms with van der Waals surface area (Å²) in [4.78, 5) is 33.4. The van der Waals surface area contributed by atoms with Gasteiger partial charge < -0.3 is 20.3 Å². The summed E-state index contributed by atoms with van der Waals surface area (Å²) in [5.41, 5.74) is 0. The van der Waals surface area contributed by atoms with E-state index in [1.165, 1.54) is 11.3 Å². The summed E-state index contributed by atoms with van der Waals surface area (Å²) >= 11 is 0. The smallest absolute Gasteiger partial charge is 0.324 e. The molecule has 1 unspecified atom stereocenters. The Bertz CT molecular complexity index is 496. The summed E-state index contributed by atoms with van der Waals surface area (Å²) in [6.45, 7) is 7.76. The molecule has 3 fully saturated rings. The monoisotopic (exact) mass is 352 g/mol. The Kier molecular flexibility index (Phi) is 6.09. The molecule has 0 saturated carbocycles. The summed E-state index contributed by atoms with van der Waals surface area (Å²) in [6, 6.07) is -0.314. The van der Waals surface area contributed by atoms with Gasteiger partial charge in [0, 0.05) is 59.5 Å². The van der Waals surface area contributed by atoms with Crippen LogP contribution >= 0.6 is 0 Å². The molecule has 0 spiro atoms. The van der Waals surface area contributed by atoms with Crippen LogP contribution in [0.1, 0.15) is 6.42 Å². The molecular formula is C16H28N6O3. The molecule has 0 radical (unpaired) electrons. The molecule has 1 atom stereocenters. The van der Waals surface area contributed by atoms with E-state index in [1.54, 1.807) is 7.05 Å². The van der Waals surface area contributed by atoms with Crippen molar-refractivity contribution in [2.24, 2.45) is 10.9 Å². The number of rotatable bonds is 5. The van der Waals surface area contributed by atoms with E-state index in [1.807, 2.05) is 0 Å². The van der Waals surface area contributed by atoms with E-state index in [-0.39, 0.29) is 18.5 Å². The van der Waals surface area contributed by atoms with Crippen molar-refractivity contribution in [2.75, 3.05) is 72.6 Å². The third-order valence-corrected chi connectivity index (χ3v) is 4.98. The summed E-state index contributed by atoms with van der Waals surface area (Å²) in [7, 11) is 1.76. The van der Waals surface area contributed by atoms with Crippen LogP contribution < -0.4 is 10.6 Å². The third kappa shape index (κ3) is 4.60. The third-order valence-electron chi connectivity index (χ3n) is 4.98. The molecule has 2 N–H and O–H groups in total. The maximum absolute atomic E-state index is 11.6. The van der Waals surface area contributed by atoms with Crippen LogP contribution in [0.3, 0.4) is 0 Å². The van der Waals surface area contributed by atoms with Gasteiger partial charge in [-0.2, -0.15) is 0 Å². The van der Waals surface area contributed by atoms with Crippen LogP contribution in [0.25, 0.3) is 0 Å². The second-order valence-corrected chi connectivity index (χ2v) is 6.70. The number of imide groups is 1. The highest BCUT2D eigenvalue weighted by atomic mass is 16.5. The van der Waals surface area contributed by atoms with Crippen LogP contribution in [0.15, 0.2) is 4.99 Å². The lowest BCUT2D eigenvalue weighted by molar-refractivity contribution is -0.124. The lowest BCUT2D eigenvalue weighted by atomic mass is 10.1. The highest BCUT2D eigenvalue weighted by Crippen LogP contribution is 2.15. The number of aliphatic imine (C=N–C) groups is 1. The number of nitrogens with zero attached hydrogens (tertiary/aromatic N) is 4. The number of hydrogen-bond acceptors (Lipinski definition) is 5. The minimum absolute atomic E-state index is 0.0988. The Morgan fingerprint density at radius 3 is 2.72 bits per heavy atom. The Morgan fingerprint density at radius 1 is 1.32 bits per heavy atom. The van der Waals surface area contributed by atoms with Crippen molar-refractivity contribution in [3.8, 4) is 0 Å². The van der Waals surface area contributed by atoms with E-state index in [4.69, 9.17) is 4.74 Å². The number of nitrogens with one attached hydrogen (secondary N) is 2. The Hall–Kier alpha value is -1.87. The van der Waals surface area contributed by atoms with Crippen molar-refractivity contribution in [2.45, 2.75) is 6.42 Å². The first-order chi connectivity index (χ1) is 12.2. The van der Waals surface area contributed by atoms with E-state index in [0.29, 0.717) is 19.0 Å². The highest BCUT2D eigenvalue weighted by Gasteiger charge is 2.28. The van der Waals surface area contributed by atoms with Gasteiger partial charge in [0.05, 0.1) is 13.2 Å². The van der Waals surface area contributed by atoms with Crippen LogP contribution in [0.5, 0.6) is 0 Å². The second-order valence-electron chi connectivity index (χ2n) is 6.70. The maximum Gasteiger partial charge on any atom is 0.324 e. The molecule has 9 nitrogen and oxygen atoms in total. The minimum atomic E-state index is -0.314. The van der Waals surface area contributed by atoms with E-state index in [0.717, 1.165) is 51.9 Å². The van der Waals surface area contributed by atoms with Gasteiger partial charge in [0.2, 0.25) is 5.91 Å². The number of amides is 3. The molecule has 3 aliphatic rings. The molecule has 0 aromatic rings. The van der Waals surface area contributed by atoms with Crippen LogP contribution in [0, 0.1) is 5.92 Å². The molecule has 9 heteroatoms. The van der Waals surface area contributed by atoms with Crippen molar-refractivity contribution in [1.82, 2.24) is 25.3 Å². The molecule has 3 heterocycles. The zero-order valence-electron chi connectivity index (χ0n) is 14.9. The fraction of sp³-hybridized carbons (Fsp3) is 0.812. The predicted octanol–water partition coefficient (Wildman–Crippen LogP) is -1.23. The van der Waals surface area contributed by atoms with E-state index in [9.17, 15) is 9.59 Å². The van der Waals surface area contributed by atoms with Crippen LogP contribution in [0.4, 0.5) is 4.79 Å². The predicted molar refractivity (Wildman–Crippen MR) is 93.4 cm³/mol. The topological polar surface area (TPSA) is 89.5 Å². The number of piperazine rings is 1. The van der Waals surface area contributed by atoms with Gasteiger partial charge in [0.15, 0.2) is 5.96 Å². The van der Waals surface area contributed by atoms with Crippen LogP contribution in [-0.2, 0) is 9.53 Å². The van der Waals surface area contributed by atoms with E-state index >= 15 is 0 Å². The number of urea groups is 1. The van der Waals surface area contributed by atoms with Gasteiger partial charge >= 0.3 is 6.03 Å². The highest BCUT2D eigenvalue weighted by molar-refractivity contribution is 6.01. The summed E-state index contributed by atoms with van der Waals surface area (Å²) < 4.78 is 5.45. The average molecular weight is 352 g/mol. The Balaban J connectivity index is 1.38. The number of carbonyl (C=O) groups is 2. The number of ether oxygens (including phenoxy) is 1. The number of hydrogen-bond donors (Lipinski definition) is 2. The largest absolute Gasteiger partial charge is 0.381 e. The Morgan fingerprint density at radius 2 is 2.12 bits per heavy atom. The Labute approximate surface area is 148 Å². The van der Waals surface area contributed by atoms with Gasteiger partial charge in [-0.25, -0.2) is 4.79 Å². The lowest BCUT2D eigenvalue weighted by Gasteiger charge is -2.37. The fourth-order valence-corrected chi connectivity index (χ4v) is 3.53. The number of carbonyl (C=O) groups excluding carboxylic acids is 2. The van der Waals surface area contributed by atoms with Gasteiger partial charge in [-0.1, -0.05) is 0 Å². The van der Waals surface area contributed by atoms with Gasteiger partial charge in [-0.3, -0.25) is 19.6 Å². The summed E-state index contributed by atoms with van der Waals surface area (Å²) in [6.07, 6.45) is 1.17. The fourth-order valence-electron chi connectivity index (χ4n) is 3.53. The molecule has 3 amide bonds. The first-order valence-electron chi connectivity index (χ1n) is 9.01. The molecule has 0 aliphatic carbocycles. The molecule has 3 rings (SSSR count). The van der Waals surface area contributed by atoms with E-state index < -0.39 is 0 Å². The standard InChI is InChI=1S/C16H28N6O3/c1-17-15(18-3-4-22-14(23)10-19-16(22)24)21-7-5-20(6-8-21)11-13-2-9-25-12-13/h13H,2-12H2,1H3,(H,17,18)(H,19,24). The van der Waals surface area contributed by atoms with Crippen LogP contribution in [-0.4, -0.2) is 105 Å². The zero-order chi connectivity index (χ0) is 17.6. The van der Waals surface area contributed by atoms with Gasteiger partial charge in [0.1, 0.15) is 0 Å². The summed E-state index contributed by atoms with van der Waals surface area (Å²) in [5, 5.41) is 5.78. The van der Waals surface area contributed by atoms with Crippen molar-refractivity contribution >= 4 is 17.9 Å². The van der Waals surface area contributed by atoms with Crippen LogP contribution in [0.2, 0.25) is 0 Å². The average Bonchev–Trinajstić information content (AvgIpc) is 3.24. The lowest BCUT2D eigenvalue weighted by Crippen LogP contribution is -2.54. The molecule has 0 bridgehead atoms. The molecule has 25 heavy (non-hydrogen) atoms. The summed E-state index contributed by atoms with van der Waals surface area (Å²) in [5.74, 6) is 1.33. The van der Waals surface area contributed by atoms with Gasteiger partial charge in [-0.05, 0) is 12.3 Å². The molecule has 0 aromatic carbocycles. The molecular weight excluding hydrogens is 324 g/mol. The van der Waals surface area contributed by atoms with Crippen molar-refractivity contribution in [3.05, 3.63) is 0 Å². The quantitative estimate of drug-likeness (QED) is 0.366. The first kappa shape index (κ1) is 17.9. The number of guanidine groups is 1. The van der Waals surface area contributed by atoms with Gasteiger partial charge in [0.25, 0.3) is 0 Å². The van der Waals surface area contributed by atoms with E-state index in [2.05, 4.69) is 25.4 Å². The van der Waals surface area contributed by atoms with Crippen molar-refractivity contribution in [1.29, 1.82) is 0 Å². The SMILES string of the molecule is CN=C(NCCN1C(=O)CNC1=O)N1CCN(CC2CCOC2)CC1.